The van der Waals surface area contributed by atoms with Crippen molar-refractivity contribution in [3.05, 3.63) is 53.8 Å². The second-order valence-electron chi connectivity index (χ2n) is 6.00. The van der Waals surface area contributed by atoms with Gasteiger partial charge in [-0.2, -0.15) is 4.31 Å². The maximum absolute atomic E-state index is 13.4. The standard InChI is InChI=1S/C18H21FN2O3S/c1-14-12-17(24-2)6-7-18(14)25(22,23)21-10-8-20(9-11-21)16-5-3-4-15(19)13-16/h3-7,12-13H,8-11H2,1-2H3. The number of aryl methyl sites for hydroxylation is 1. The molecule has 0 N–H and O–H groups in total. The number of methoxy groups -OCH3 is 1. The number of rotatable bonds is 4. The van der Waals surface area contributed by atoms with Gasteiger partial charge in [0.2, 0.25) is 10.0 Å². The Hall–Kier alpha value is -2.12. The number of ether oxygens (including phenoxy) is 1. The van der Waals surface area contributed by atoms with E-state index in [0.29, 0.717) is 42.4 Å². The topological polar surface area (TPSA) is 49.9 Å². The van der Waals surface area contributed by atoms with Gasteiger partial charge in [-0.25, -0.2) is 12.8 Å². The van der Waals surface area contributed by atoms with E-state index in [-0.39, 0.29) is 5.82 Å². The van der Waals surface area contributed by atoms with Gasteiger partial charge in [-0.3, -0.25) is 0 Å². The molecule has 1 saturated heterocycles. The van der Waals surface area contributed by atoms with Crippen molar-refractivity contribution >= 4 is 15.7 Å². The quantitative estimate of drug-likeness (QED) is 0.837. The SMILES string of the molecule is COc1ccc(S(=O)(=O)N2CCN(c3cccc(F)c3)CC2)c(C)c1. The molecule has 1 fully saturated rings. The van der Waals surface area contributed by atoms with E-state index in [1.807, 2.05) is 11.0 Å². The molecule has 134 valence electrons. The minimum absolute atomic E-state index is 0.290. The van der Waals surface area contributed by atoms with Crippen molar-refractivity contribution in [3.8, 4) is 5.75 Å². The van der Waals surface area contributed by atoms with Gasteiger partial charge in [0, 0.05) is 31.9 Å². The number of hydrogen-bond donors (Lipinski definition) is 0. The first-order chi connectivity index (χ1) is 11.9. The van der Waals surface area contributed by atoms with Crippen molar-refractivity contribution in [2.75, 3.05) is 38.2 Å². The van der Waals surface area contributed by atoms with Gasteiger partial charge in [-0.1, -0.05) is 6.07 Å². The summed E-state index contributed by atoms with van der Waals surface area (Å²) in [5, 5.41) is 0. The lowest BCUT2D eigenvalue weighted by Gasteiger charge is -2.35. The molecular formula is C18H21FN2O3S. The fraction of sp³-hybridized carbons (Fsp3) is 0.333. The second-order valence-corrected chi connectivity index (χ2v) is 7.91. The van der Waals surface area contributed by atoms with E-state index in [2.05, 4.69) is 0 Å². The Bertz CT molecular complexity index is 862. The van der Waals surface area contributed by atoms with Crippen LogP contribution in [0.2, 0.25) is 0 Å². The number of sulfonamides is 1. The minimum atomic E-state index is -3.55. The summed E-state index contributed by atoms with van der Waals surface area (Å²) in [5.41, 5.74) is 1.43. The van der Waals surface area contributed by atoms with Gasteiger partial charge in [-0.05, 0) is 48.9 Å². The Morgan fingerprint density at radius 3 is 2.36 bits per heavy atom. The van der Waals surface area contributed by atoms with Gasteiger partial charge < -0.3 is 9.64 Å². The van der Waals surface area contributed by atoms with E-state index in [9.17, 15) is 12.8 Å². The highest BCUT2D eigenvalue weighted by atomic mass is 32.2. The maximum Gasteiger partial charge on any atom is 0.243 e. The number of benzene rings is 2. The van der Waals surface area contributed by atoms with Crippen LogP contribution in [0, 0.1) is 12.7 Å². The summed E-state index contributed by atoms with van der Waals surface area (Å²) < 4.78 is 45.8. The first-order valence-corrected chi connectivity index (χ1v) is 9.51. The number of nitrogens with zero attached hydrogens (tertiary/aromatic N) is 2. The fourth-order valence-corrected chi connectivity index (χ4v) is 4.66. The molecule has 0 amide bonds. The summed E-state index contributed by atoms with van der Waals surface area (Å²) in [6.45, 7) is 3.54. The minimum Gasteiger partial charge on any atom is -0.497 e. The molecule has 2 aromatic rings. The van der Waals surface area contributed by atoms with E-state index < -0.39 is 10.0 Å². The van der Waals surface area contributed by atoms with Crippen LogP contribution in [0.25, 0.3) is 0 Å². The normalized spacial score (nSPS) is 16.0. The third-order valence-electron chi connectivity index (χ3n) is 4.41. The van der Waals surface area contributed by atoms with E-state index in [1.54, 1.807) is 38.3 Å². The Balaban J connectivity index is 1.75. The van der Waals surface area contributed by atoms with Crippen molar-refractivity contribution in [3.63, 3.8) is 0 Å². The van der Waals surface area contributed by atoms with Gasteiger partial charge in [0.15, 0.2) is 0 Å². The van der Waals surface area contributed by atoms with Gasteiger partial charge in [0.1, 0.15) is 11.6 Å². The van der Waals surface area contributed by atoms with E-state index >= 15 is 0 Å². The summed E-state index contributed by atoms with van der Waals surface area (Å²) in [4.78, 5) is 2.29. The van der Waals surface area contributed by atoms with Crippen LogP contribution in [0.4, 0.5) is 10.1 Å². The zero-order valence-corrected chi connectivity index (χ0v) is 15.1. The molecule has 1 aliphatic rings. The summed E-state index contributed by atoms with van der Waals surface area (Å²) in [6, 6.07) is 11.3. The lowest BCUT2D eigenvalue weighted by Crippen LogP contribution is -2.48. The smallest absolute Gasteiger partial charge is 0.243 e. The molecule has 1 aliphatic heterocycles. The summed E-state index contributed by atoms with van der Waals surface area (Å²) in [7, 11) is -2.00. The molecule has 2 aromatic carbocycles. The molecule has 0 saturated carbocycles. The van der Waals surface area contributed by atoms with Crippen LogP contribution < -0.4 is 9.64 Å². The molecular weight excluding hydrogens is 343 g/mol. The Morgan fingerprint density at radius 2 is 1.76 bits per heavy atom. The van der Waals surface area contributed by atoms with Crippen LogP contribution >= 0.6 is 0 Å². The third-order valence-corrected chi connectivity index (χ3v) is 6.47. The van der Waals surface area contributed by atoms with Crippen molar-refractivity contribution < 1.29 is 17.5 Å². The molecule has 0 aliphatic carbocycles. The lowest BCUT2D eigenvalue weighted by molar-refractivity contribution is 0.384. The highest BCUT2D eigenvalue weighted by Gasteiger charge is 2.29. The highest BCUT2D eigenvalue weighted by molar-refractivity contribution is 7.89. The Morgan fingerprint density at radius 1 is 1.04 bits per heavy atom. The molecule has 0 unspecified atom stereocenters. The largest absolute Gasteiger partial charge is 0.497 e. The number of anilines is 1. The van der Waals surface area contributed by atoms with Gasteiger partial charge >= 0.3 is 0 Å². The van der Waals surface area contributed by atoms with Crippen LogP contribution in [-0.2, 0) is 10.0 Å². The van der Waals surface area contributed by atoms with Crippen molar-refractivity contribution in [2.24, 2.45) is 0 Å². The first-order valence-electron chi connectivity index (χ1n) is 8.07. The van der Waals surface area contributed by atoms with Gasteiger partial charge in [-0.15, -0.1) is 0 Å². The van der Waals surface area contributed by atoms with E-state index in [4.69, 9.17) is 4.74 Å². The Kier molecular flexibility index (Phi) is 4.96. The monoisotopic (exact) mass is 364 g/mol. The highest BCUT2D eigenvalue weighted by Crippen LogP contribution is 2.26. The molecule has 1 heterocycles. The van der Waals surface area contributed by atoms with Crippen molar-refractivity contribution in [1.82, 2.24) is 4.31 Å². The van der Waals surface area contributed by atoms with Gasteiger partial charge in [0.05, 0.1) is 12.0 Å². The predicted octanol–water partition coefficient (Wildman–Crippen LogP) is 2.65. The van der Waals surface area contributed by atoms with E-state index in [0.717, 1.165) is 5.69 Å². The van der Waals surface area contributed by atoms with Crippen molar-refractivity contribution in [2.45, 2.75) is 11.8 Å². The van der Waals surface area contributed by atoms with Crippen LogP contribution in [0.15, 0.2) is 47.4 Å². The average molecular weight is 364 g/mol. The lowest BCUT2D eigenvalue weighted by atomic mass is 10.2. The molecule has 0 aromatic heterocycles. The molecule has 0 bridgehead atoms. The number of halogens is 1. The Labute approximate surface area is 147 Å². The van der Waals surface area contributed by atoms with Crippen LogP contribution in [0.5, 0.6) is 5.75 Å². The molecule has 5 nitrogen and oxygen atoms in total. The van der Waals surface area contributed by atoms with Crippen LogP contribution in [0.1, 0.15) is 5.56 Å². The molecule has 3 rings (SSSR count). The zero-order chi connectivity index (χ0) is 18.0. The predicted molar refractivity (Wildman–Crippen MR) is 95.1 cm³/mol. The number of hydrogen-bond acceptors (Lipinski definition) is 4. The molecule has 0 atom stereocenters. The fourth-order valence-electron chi connectivity index (χ4n) is 3.04. The summed E-state index contributed by atoms with van der Waals surface area (Å²) >= 11 is 0. The molecule has 25 heavy (non-hydrogen) atoms. The number of piperazine rings is 1. The summed E-state index contributed by atoms with van der Waals surface area (Å²) in [6.07, 6.45) is 0. The van der Waals surface area contributed by atoms with Crippen LogP contribution in [0.3, 0.4) is 0 Å². The maximum atomic E-state index is 13.4. The zero-order valence-electron chi connectivity index (χ0n) is 14.3. The van der Waals surface area contributed by atoms with Gasteiger partial charge in [0.25, 0.3) is 0 Å². The molecule has 0 spiro atoms. The van der Waals surface area contributed by atoms with Crippen molar-refractivity contribution in [1.29, 1.82) is 0 Å². The first kappa shape index (κ1) is 17.7. The molecule has 0 radical (unpaired) electrons. The second kappa shape index (κ2) is 7.01. The third kappa shape index (κ3) is 3.62. The summed E-state index contributed by atoms with van der Waals surface area (Å²) in [5.74, 6) is 0.341. The molecule has 7 heteroatoms. The average Bonchev–Trinajstić information content (AvgIpc) is 2.61. The van der Waals surface area contributed by atoms with E-state index in [1.165, 1.54) is 16.4 Å². The van der Waals surface area contributed by atoms with Crippen LogP contribution in [-0.4, -0.2) is 46.0 Å².